The minimum Gasteiger partial charge on any atom is -0.491 e. The molecule has 0 atom stereocenters. The first kappa shape index (κ1) is 9.51. The molecule has 2 rings (SSSR count). The van der Waals surface area contributed by atoms with E-state index in [0.29, 0.717) is 24.5 Å². The van der Waals surface area contributed by atoms with E-state index >= 15 is 0 Å². The average Bonchev–Trinajstić information content (AvgIpc) is 2.40. The molecule has 2 N–H and O–H groups in total. The van der Waals surface area contributed by atoms with E-state index in [0.717, 1.165) is 0 Å². The summed E-state index contributed by atoms with van der Waals surface area (Å²) in [6.07, 6.45) is 0. The van der Waals surface area contributed by atoms with Gasteiger partial charge in [-0.05, 0) is 18.2 Å². The second-order valence-corrected chi connectivity index (χ2v) is 3.12. The fourth-order valence-electron chi connectivity index (χ4n) is 1.38. The molecule has 0 saturated heterocycles. The van der Waals surface area contributed by atoms with Crippen molar-refractivity contribution in [3.8, 4) is 5.75 Å². The summed E-state index contributed by atoms with van der Waals surface area (Å²) in [6, 6.07) is 4.21. The van der Waals surface area contributed by atoms with Crippen LogP contribution in [0.5, 0.6) is 5.75 Å². The lowest BCUT2D eigenvalue weighted by Crippen LogP contribution is -2.24. The first-order chi connectivity index (χ1) is 7.18. The van der Waals surface area contributed by atoms with Crippen LogP contribution in [0, 0.1) is 0 Å². The van der Waals surface area contributed by atoms with E-state index in [1.807, 2.05) is 0 Å². The van der Waals surface area contributed by atoms with Gasteiger partial charge in [0.2, 0.25) is 0 Å². The van der Waals surface area contributed by atoms with Gasteiger partial charge < -0.3 is 15.2 Å². The van der Waals surface area contributed by atoms with Crippen molar-refractivity contribution in [3.05, 3.63) is 29.3 Å². The van der Waals surface area contributed by atoms with Gasteiger partial charge in [-0.1, -0.05) is 0 Å². The van der Waals surface area contributed by atoms with Crippen molar-refractivity contribution >= 4 is 11.9 Å². The minimum absolute atomic E-state index is 0.114. The smallest absolute Gasteiger partial charge is 0.335 e. The van der Waals surface area contributed by atoms with Gasteiger partial charge in [-0.2, -0.15) is 0 Å². The fourth-order valence-corrected chi connectivity index (χ4v) is 1.38. The van der Waals surface area contributed by atoms with E-state index in [1.54, 1.807) is 0 Å². The van der Waals surface area contributed by atoms with Crippen LogP contribution in [-0.2, 0) is 0 Å². The van der Waals surface area contributed by atoms with Crippen LogP contribution in [0.25, 0.3) is 0 Å². The third kappa shape index (κ3) is 1.76. The maximum absolute atomic E-state index is 11.4. The van der Waals surface area contributed by atoms with E-state index < -0.39 is 5.97 Å². The number of rotatable bonds is 1. The average molecular weight is 207 g/mol. The summed E-state index contributed by atoms with van der Waals surface area (Å²) in [4.78, 5) is 22.1. The summed E-state index contributed by atoms with van der Waals surface area (Å²) in [6.45, 7) is 0.776. The van der Waals surface area contributed by atoms with Crippen molar-refractivity contribution in [1.82, 2.24) is 5.32 Å². The molecule has 0 saturated carbocycles. The summed E-state index contributed by atoms with van der Waals surface area (Å²) in [5, 5.41) is 11.4. The Bertz CT molecular complexity index is 427. The van der Waals surface area contributed by atoms with Crippen LogP contribution in [0.4, 0.5) is 0 Å². The van der Waals surface area contributed by atoms with Crippen LogP contribution < -0.4 is 10.1 Å². The van der Waals surface area contributed by atoms with Crippen LogP contribution in [-0.4, -0.2) is 30.1 Å². The molecule has 15 heavy (non-hydrogen) atoms. The van der Waals surface area contributed by atoms with Gasteiger partial charge in [-0.3, -0.25) is 4.79 Å². The summed E-state index contributed by atoms with van der Waals surface area (Å²) in [5.74, 6) is -0.949. The fraction of sp³-hybridized carbons (Fsp3) is 0.200. The maximum Gasteiger partial charge on any atom is 0.335 e. The van der Waals surface area contributed by atoms with E-state index in [9.17, 15) is 9.59 Å². The Kier molecular flexibility index (Phi) is 2.29. The standard InChI is InChI=1S/C10H9NO4/c12-9-7-2-1-6(10(13)14)5-8(7)15-4-3-11-9/h1-2,5H,3-4H2,(H,11,12)(H,13,14). The van der Waals surface area contributed by atoms with Gasteiger partial charge in [-0.15, -0.1) is 0 Å². The molecule has 0 spiro atoms. The van der Waals surface area contributed by atoms with E-state index in [1.165, 1.54) is 18.2 Å². The number of carbonyl (C=O) groups excluding carboxylic acids is 1. The molecule has 1 aromatic rings. The largest absolute Gasteiger partial charge is 0.491 e. The molecule has 5 nitrogen and oxygen atoms in total. The van der Waals surface area contributed by atoms with Gasteiger partial charge >= 0.3 is 5.97 Å². The number of aromatic carboxylic acids is 1. The second-order valence-electron chi connectivity index (χ2n) is 3.12. The second kappa shape index (κ2) is 3.61. The molecule has 78 valence electrons. The maximum atomic E-state index is 11.4. The Hall–Kier alpha value is -2.04. The number of carbonyl (C=O) groups is 2. The number of carboxylic acids is 1. The zero-order chi connectivity index (χ0) is 10.8. The van der Waals surface area contributed by atoms with Gasteiger partial charge in [0.05, 0.1) is 17.7 Å². The van der Waals surface area contributed by atoms with Crippen molar-refractivity contribution in [2.75, 3.05) is 13.2 Å². The molecule has 0 unspecified atom stereocenters. The van der Waals surface area contributed by atoms with Gasteiger partial charge in [0.25, 0.3) is 5.91 Å². The third-order valence-electron chi connectivity index (χ3n) is 2.12. The van der Waals surface area contributed by atoms with E-state index in [2.05, 4.69) is 5.32 Å². The van der Waals surface area contributed by atoms with Crippen molar-refractivity contribution in [1.29, 1.82) is 0 Å². The van der Waals surface area contributed by atoms with Crippen molar-refractivity contribution in [2.45, 2.75) is 0 Å². The molecule has 0 radical (unpaired) electrons. The molecule has 0 aromatic heterocycles. The van der Waals surface area contributed by atoms with Crippen LogP contribution >= 0.6 is 0 Å². The topological polar surface area (TPSA) is 75.6 Å². The quantitative estimate of drug-likeness (QED) is 0.703. The van der Waals surface area contributed by atoms with Crippen LogP contribution in [0.3, 0.4) is 0 Å². The zero-order valence-electron chi connectivity index (χ0n) is 7.82. The summed E-state index contributed by atoms with van der Waals surface area (Å²) < 4.78 is 5.26. The van der Waals surface area contributed by atoms with Crippen LogP contribution in [0.15, 0.2) is 18.2 Å². The zero-order valence-corrected chi connectivity index (χ0v) is 7.82. The summed E-state index contributed by atoms with van der Waals surface area (Å²) in [7, 11) is 0. The molecule has 0 aliphatic carbocycles. The SMILES string of the molecule is O=C(O)c1ccc2c(c1)OCCNC2=O. The van der Waals surface area contributed by atoms with Gasteiger partial charge in [-0.25, -0.2) is 4.79 Å². The molecule has 1 aliphatic heterocycles. The van der Waals surface area contributed by atoms with E-state index in [4.69, 9.17) is 9.84 Å². The molecule has 1 heterocycles. The lowest BCUT2D eigenvalue weighted by molar-refractivity contribution is 0.0696. The number of amides is 1. The Morgan fingerprint density at radius 3 is 3.00 bits per heavy atom. The molecule has 1 aliphatic rings. The lowest BCUT2D eigenvalue weighted by Gasteiger charge is -2.05. The Morgan fingerprint density at radius 2 is 2.27 bits per heavy atom. The normalized spacial score (nSPS) is 14.5. The highest BCUT2D eigenvalue weighted by atomic mass is 16.5. The highest BCUT2D eigenvalue weighted by molar-refractivity contribution is 5.99. The molecular weight excluding hydrogens is 198 g/mol. The third-order valence-corrected chi connectivity index (χ3v) is 2.12. The van der Waals surface area contributed by atoms with Crippen LogP contribution in [0.1, 0.15) is 20.7 Å². The Morgan fingerprint density at radius 1 is 1.47 bits per heavy atom. The van der Waals surface area contributed by atoms with Crippen molar-refractivity contribution < 1.29 is 19.4 Å². The molecule has 0 fully saturated rings. The van der Waals surface area contributed by atoms with Gasteiger partial charge in [0.1, 0.15) is 12.4 Å². The molecule has 5 heteroatoms. The van der Waals surface area contributed by atoms with Crippen molar-refractivity contribution in [3.63, 3.8) is 0 Å². The minimum atomic E-state index is -1.04. The number of benzene rings is 1. The first-order valence-electron chi connectivity index (χ1n) is 4.47. The lowest BCUT2D eigenvalue weighted by atomic mass is 10.1. The first-order valence-corrected chi connectivity index (χ1v) is 4.47. The summed E-state index contributed by atoms with van der Waals surface area (Å²) in [5.41, 5.74) is 0.487. The van der Waals surface area contributed by atoms with Crippen molar-refractivity contribution in [2.24, 2.45) is 0 Å². The Labute approximate surface area is 85.7 Å². The van der Waals surface area contributed by atoms with Crippen LogP contribution in [0.2, 0.25) is 0 Å². The number of nitrogens with one attached hydrogen (secondary N) is 1. The summed E-state index contributed by atoms with van der Waals surface area (Å²) >= 11 is 0. The van der Waals surface area contributed by atoms with Gasteiger partial charge in [0, 0.05) is 0 Å². The highest BCUT2D eigenvalue weighted by Crippen LogP contribution is 2.21. The van der Waals surface area contributed by atoms with E-state index in [-0.39, 0.29) is 11.5 Å². The number of hydrogen-bond acceptors (Lipinski definition) is 3. The molecular formula is C10H9NO4. The number of hydrogen-bond donors (Lipinski definition) is 2. The predicted octanol–water partition coefficient (Wildman–Crippen LogP) is 0.507. The highest BCUT2D eigenvalue weighted by Gasteiger charge is 2.17. The monoisotopic (exact) mass is 207 g/mol. The molecule has 1 aromatic carbocycles. The predicted molar refractivity (Wildman–Crippen MR) is 51.2 cm³/mol. The number of ether oxygens (including phenoxy) is 1. The molecule has 0 bridgehead atoms. The van der Waals surface area contributed by atoms with Gasteiger partial charge in [0.15, 0.2) is 0 Å². The Balaban J connectivity index is 2.47. The number of fused-ring (bicyclic) bond motifs is 1. The number of carboxylic acid groups (broad SMARTS) is 1. The molecule has 1 amide bonds.